The number of benzene rings is 1. The van der Waals surface area contributed by atoms with Crippen LogP contribution in [-0.4, -0.2) is 24.9 Å². The summed E-state index contributed by atoms with van der Waals surface area (Å²) in [5.74, 6) is 0.369. The van der Waals surface area contributed by atoms with Gasteiger partial charge >= 0.3 is 0 Å². The number of hydrogen-bond donors (Lipinski definition) is 0. The van der Waals surface area contributed by atoms with Crippen LogP contribution in [0.1, 0.15) is 17.0 Å². The van der Waals surface area contributed by atoms with E-state index in [1.165, 1.54) is 11.1 Å². The molecule has 0 aromatic heterocycles. The molecule has 90 valence electrons. The molecule has 0 unspecified atom stereocenters. The van der Waals surface area contributed by atoms with Crippen molar-refractivity contribution in [2.75, 3.05) is 13.2 Å². The van der Waals surface area contributed by atoms with Crippen LogP contribution in [0.2, 0.25) is 0 Å². The Morgan fingerprint density at radius 1 is 1.06 bits per heavy atom. The minimum atomic E-state index is -0.268. The molecule has 1 fully saturated rings. The summed E-state index contributed by atoms with van der Waals surface area (Å²) < 4.78 is 12.2. The molecule has 0 saturated carbocycles. The van der Waals surface area contributed by atoms with Crippen LogP contribution in [0, 0.1) is 0 Å². The summed E-state index contributed by atoms with van der Waals surface area (Å²) in [5.41, 5.74) is 2.45. The van der Waals surface area contributed by atoms with E-state index in [1.807, 2.05) is 0 Å². The lowest BCUT2D eigenvalue weighted by atomic mass is 9.63. The number of hydrogen-bond acceptors (Lipinski definition) is 2. The molecular formula is C16H14O2. The maximum absolute atomic E-state index is 6.40. The molecule has 2 spiro atoms. The van der Waals surface area contributed by atoms with Crippen molar-refractivity contribution in [3.63, 3.8) is 0 Å². The van der Waals surface area contributed by atoms with Crippen LogP contribution in [0.4, 0.5) is 0 Å². The topological polar surface area (TPSA) is 18.5 Å². The standard InChI is InChI=1S/C16H14O2/c1-2-4-13-11(3-1)12-5-7-15(13)9-17-10-16(15)8-6-14(12)18-16/h1-8,12,14H,9-10H2/t12-,14+,15-,16+/m0/s1. The third kappa shape index (κ3) is 0.817. The van der Waals surface area contributed by atoms with Crippen LogP contribution >= 0.6 is 0 Å². The van der Waals surface area contributed by atoms with Gasteiger partial charge in [0.25, 0.3) is 0 Å². The van der Waals surface area contributed by atoms with E-state index in [-0.39, 0.29) is 17.1 Å². The zero-order valence-corrected chi connectivity index (χ0v) is 10.0. The average Bonchev–Trinajstić information content (AvgIpc) is 2.92. The van der Waals surface area contributed by atoms with Crippen molar-refractivity contribution in [1.82, 2.24) is 0 Å². The van der Waals surface area contributed by atoms with Crippen molar-refractivity contribution in [2.24, 2.45) is 0 Å². The number of ether oxygens (including phenoxy) is 2. The number of rotatable bonds is 0. The van der Waals surface area contributed by atoms with Crippen LogP contribution in [0.25, 0.3) is 0 Å². The highest BCUT2D eigenvalue weighted by Gasteiger charge is 2.63. The van der Waals surface area contributed by atoms with Gasteiger partial charge in [-0.1, -0.05) is 48.6 Å². The van der Waals surface area contributed by atoms with Crippen LogP contribution in [0.3, 0.4) is 0 Å². The van der Waals surface area contributed by atoms with Gasteiger partial charge in [-0.05, 0) is 11.1 Å². The smallest absolute Gasteiger partial charge is 0.126 e. The van der Waals surface area contributed by atoms with Gasteiger partial charge in [0.05, 0.1) is 24.7 Å². The largest absolute Gasteiger partial charge is 0.377 e. The Morgan fingerprint density at radius 3 is 3.00 bits per heavy atom. The molecule has 5 aliphatic rings. The summed E-state index contributed by atoms with van der Waals surface area (Å²) in [4.78, 5) is 0. The van der Waals surface area contributed by atoms with Gasteiger partial charge in [0.15, 0.2) is 0 Å². The van der Waals surface area contributed by atoms with E-state index in [0.717, 1.165) is 6.61 Å². The van der Waals surface area contributed by atoms with Gasteiger partial charge < -0.3 is 9.47 Å². The fourth-order valence-electron chi connectivity index (χ4n) is 4.15. The molecule has 0 amide bonds. The Balaban J connectivity index is 1.92. The molecule has 2 heteroatoms. The Labute approximate surface area is 106 Å². The monoisotopic (exact) mass is 238 g/mol. The molecule has 2 nitrogen and oxygen atoms in total. The molecule has 6 rings (SSSR count). The fraction of sp³-hybridized carbons (Fsp3) is 0.375. The van der Waals surface area contributed by atoms with Crippen LogP contribution in [0.5, 0.6) is 0 Å². The van der Waals surface area contributed by atoms with E-state index < -0.39 is 0 Å². The van der Waals surface area contributed by atoms with Crippen molar-refractivity contribution in [2.45, 2.75) is 23.0 Å². The van der Waals surface area contributed by atoms with Gasteiger partial charge in [0.1, 0.15) is 5.60 Å². The molecule has 4 aliphatic heterocycles. The predicted molar refractivity (Wildman–Crippen MR) is 67.6 cm³/mol. The maximum atomic E-state index is 6.40. The van der Waals surface area contributed by atoms with Gasteiger partial charge in [-0.15, -0.1) is 0 Å². The first-order valence-electron chi connectivity index (χ1n) is 6.58. The molecule has 0 N–H and O–H groups in total. The molecule has 1 aromatic rings. The first-order valence-corrected chi connectivity index (χ1v) is 6.58. The van der Waals surface area contributed by atoms with Crippen molar-refractivity contribution in [3.05, 3.63) is 59.7 Å². The lowest BCUT2D eigenvalue weighted by Crippen LogP contribution is -2.48. The van der Waals surface area contributed by atoms with E-state index in [9.17, 15) is 0 Å². The lowest BCUT2D eigenvalue weighted by molar-refractivity contribution is -0.0431. The summed E-state index contributed by atoms with van der Waals surface area (Å²) in [5, 5.41) is 0. The SMILES string of the molecule is C1=C[C@@]23COC[C@]24C=C[C@@H](c2ccccc24)[C@@H]1O3. The summed E-state index contributed by atoms with van der Waals surface area (Å²) in [6.07, 6.45) is 9.32. The molecular weight excluding hydrogens is 224 g/mol. The first-order chi connectivity index (χ1) is 8.85. The van der Waals surface area contributed by atoms with E-state index in [4.69, 9.17) is 9.47 Å². The molecule has 0 radical (unpaired) electrons. The van der Waals surface area contributed by atoms with E-state index >= 15 is 0 Å². The minimum absolute atomic E-state index is 0.109. The highest BCUT2D eigenvalue weighted by Crippen LogP contribution is 2.57. The Morgan fingerprint density at radius 2 is 2.00 bits per heavy atom. The normalized spacial score (nSPS) is 46.0. The summed E-state index contributed by atoms with van der Waals surface area (Å²) >= 11 is 0. The van der Waals surface area contributed by atoms with Gasteiger partial charge in [-0.2, -0.15) is 0 Å². The summed E-state index contributed by atoms with van der Waals surface area (Å²) in [7, 11) is 0. The predicted octanol–water partition coefficient (Wildman–Crippen LogP) is 2.32. The lowest BCUT2D eigenvalue weighted by Gasteiger charge is -2.39. The van der Waals surface area contributed by atoms with Crippen molar-refractivity contribution in [3.8, 4) is 0 Å². The summed E-state index contributed by atoms with van der Waals surface area (Å²) in [6.45, 7) is 1.40. The minimum Gasteiger partial charge on any atom is -0.377 e. The summed E-state index contributed by atoms with van der Waals surface area (Å²) in [6, 6.07) is 8.75. The zero-order valence-electron chi connectivity index (χ0n) is 10.0. The molecule has 4 bridgehead atoms. The second-order valence-electron chi connectivity index (χ2n) is 5.77. The second-order valence-corrected chi connectivity index (χ2v) is 5.77. The van der Waals surface area contributed by atoms with E-state index in [0.29, 0.717) is 12.5 Å². The Kier molecular flexibility index (Phi) is 1.48. The molecule has 1 saturated heterocycles. The van der Waals surface area contributed by atoms with Gasteiger partial charge in [-0.25, -0.2) is 0 Å². The molecule has 18 heavy (non-hydrogen) atoms. The Hall–Kier alpha value is -1.38. The van der Waals surface area contributed by atoms with Crippen molar-refractivity contribution < 1.29 is 9.47 Å². The Bertz CT molecular complexity index is 603. The van der Waals surface area contributed by atoms with Gasteiger partial charge in [-0.3, -0.25) is 0 Å². The highest BCUT2D eigenvalue weighted by atomic mass is 16.6. The van der Waals surface area contributed by atoms with Gasteiger partial charge in [0.2, 0.25) is 0 Å². The molecule has 4 heterocycles. The third-order valence-corrected chi connectivity index (χ3v) is 5.05. The molecule has 4 atom stereocenters. The highest BCUT2D eigenvalue weighted by molar-refractivity contribution is 5.55. The third-order valence-electron chi connectivity index (χ3n) is 5.05. The van der Waals surface area contributed by atoms with Gasteiger partial charge in [0, 0.05) is 5.92 Å². The quantitative estimate of drug-likeness (QED) is 0.646. The van der Waals surface area contributed by atoms with E-state index in [1.54, 1.807) is 0 Å². The van der Waals surface area contributed by atoms with E-state index in [2.05, 4.69) is 48.6 Å². The van der Waals surface area contributed by atoms with Crippen molar-refractivity contribution in [1.29, 1.82) is 0 Å². The van der Waals surface area contributed by atoms with Crippen LogP contribution in [-0.2, 0) is 14.9 Å². The fourth-order valence-corrected chi connectivity index (χ4v) is 4.15. The first kappa shape index (κ1) is 9.54. The zero-order chi connectivity index (χ0) is 11.8. The van der Waals surface area contributed by atoms with Crippen molar-refractivity contribution >= 4 is 0 Å². The molecule has 1 aliphatic carbocycles. The average molecular weight is 238 g/mol. The second kappa shape index (κ2) is 2.79. The maximum Gasteiger partial charge on any atom is 0.126 e. The van der Waals surface area contributed by atoms with Crippen LogP contribution in [0.15, 0.2) is 48.6 Å². The molecule has 1 aromatic carbocycles. The van der Waals surface area contributed by atoms with Crippen LogP contribution < -0.4 is 0 Å².